The number of ether oxygens (including phenoxy) is 3. The van der Waals surface area contributed by atoms with Crippen LogP contribution in [0.5, 0.6) is 0 Å². The minimum absolute atomic E-state index is 0.153. The van der Waals surface area contributed by atoms with Crippen molar-refractivity contribution in [2.45, 2.75) is 73.6 Å². The second-order valence-corrected chi connectivity index (χ2v) is 16.5. The molecule has 6 rings (SSSR count). The van der Waals surface area contributed by atoms with Crippen molar-refractivity contribution in [2.75, 3.05) is 37.0 Å². The third-order valence-electron chi connectivity index (χ3n) is 9.00. The Morgan fingerprint density at radius 2 is 0.967 bits per heavy atom. The second kappa shape index (κ2) is 18.2. The van der Waals surface area contributed by atoms with Crippen molar-refractivity contribution in [3.05, 3.63) is 68.2 Å². The molecule has 60 heavy (non-hydrogen) atoms. The molecule has 0 aliphatic carbocycles. The Bertz CT molecular complexity index is 2340. The molecule has 3 aromatic rings. The minimum Gasteiger partial charge on any atom is -0.387 e. The Morgan fingerprint density at radius 3 is 1.35 bits per heavy atom. The number of aromatic nitrogens is 6. The number of aliphatic hydroxyl groups is 4. The lowest BCUT2D eigenvalue weighted by molar-refractivity contribution is -0.0638. The van der Waals surface area contributed by atoms with E-state index in [1.54, 1.807) is 0 Å². The monoisotopic (exact) mass is 916 g/mol. The van der Waals surface area contributed by atoms with Crippen molar-refractivity contribution in [2.24, 2.45) is 0 Å². The molecule has 0 amide bonds. The van der Waals surface area contributed by atoms with Crippen LogP contribution in [0.4, 0.5) is 17.5 Å². The van der Waals surface area contributed by atoms with E-state index in [2.05, 4.69) is 19.5 Å². The zero-order chi connectivity index (χ0) is 43.8. The first-order valence-electron chi connectivity index (χ1n) is 17.0. The summed E-state index contributed by atoms with van der Waals surface area (Å²) in [5, 5.41) is 43.3. The van der Waals surface area contributed by atoms with Gasteiger partial charge in [0.2, 0.25) is 0 Å². The van der Waals surface area contributed by atoms with E-state index in [9.17, 15) is 58.3 Å². The first-order valence-corrected chi connectivity index (χ1v) is 21.1. The maximum absolute atomic E-state index is 13.3. The highest BCUT2D eigenvalue weighted by molar-refractivity contribution is 7.47. The molecule has 0 radical (unpaired) electrons. The van der Waals surface area contributed by atoms with Crippen LogP contribution >= 0.6 is 23.9 Å². The van der Waals surface area contributed by atoms with Crippen LogP contribution in [-0.2, 0) is 50.5 Å². The number of phosphoric acid groups is 2. The van der Waals surface area contributed by atoms with E-state index >= 15 is 0 Å². The number of hydrogen-bond acceptors (Lipinski definition) is 24. The Morgan fingerprint density at radius 1 is 0.617 bits per heavy atom. The predicted octanol–water partition coefficient (Wildman–Crippen LogP) is -4.69. The smallest absolute Gasteiger partial charge is 0.387 e. The molecule has 33 heteroatoms. The van der Waals surface area contributed by atoms with E-state index in [0.717, 1.165) is 39.9 Å². The summed E-state index contributed by atoms with van der Waals surface area (Å²) in [6, 6.07) is 3.48. The van der Waals surface area contributed by atoms with E-state index in [1.165, 1.54) is 6.07 Å². The first-order chi connectivity index (χ1) is 28.1. The highest BCUT2D eigenvalue weighted by Gasteiger charge is 2.53. The van der Waals surface area contributed by atoms with Gasteiger partial charge in [-0.2, -0.15) is 15.0 Å². The van der Waals surface area contributed by atoms with Crippen molar-refractivity contribution >= 4 is 41.4 Å². The Balaban J connectivity index is 1.18. The maximum Gasteiger partial charge on any atom is 0.694 e. The molecule has 3 aromatic heterocycles. The molecule has 330 valence electrons. The van der Waals surface area contributed by atoms with Gasteiger partial charge in [0.05, 0.1) is 13.2 Å². The lowest BCUT2D eigenvalue weighted by Gasteiger charge is -2.25. The van der Waals surface area contributed by atoms with E-state index in [0.29, 0.717) is 4.57 Å². The van der Waals surface area contributed by atoms with Gasteiger partial charge in [-0.1, -0.05) is 0 Å². The maximum atomic E-state index is 13.3. The number of hydrogen-bond donors (Lipinski definition) is 10. The largest absolute Gasteiger partial charge is 0.694 e. The fraction of sp³-hybridized carbons (Fsp3) is 0.556. The van der Waals surface area contributed by atoms with E-state index in [1.807, 2.05) is 0 Å². The number of aliphatic hydroxyl groups excluding tert-OH is 4. The van der Waals surface area contributed by atoms with Gasteiger partial charge < -0.3 is 61.6 Å². The van der Waals surface area contributed by atoms with Gasteiger partial charge in [-0.3, -0.25) is 31.8 Å². The van der Waals surface area contributed by atoms with Crippen LogP contribution in [0.1, 0.15) is 18.7 Å². The molecule has 0 saturated carbocycles. The molecular formula is C27H37N9O21P3+. The molecule has 13 N–H and O–H groups in total. The van der Waals surface area contributed by atoms with Gasteiger partial charge in [0.25, 0.3) is 0 Å². The molecule has 3 unspecified atom stereocenters. The van der Waals surface area contributed by atoms with Crippen molar-refractivity contribution in [3.8, 4) is 0 Å². The summed E-state index contributed by atoms with van der Waals surface area (Å²) in [4.78, 5) is 78.5. The molecule has 6 heterocycles. The van der Waals surface area contributed by atoms with Crippen LogP contribution in [-0.4, -0.2) is 139 Å². The quantitative estimate of drug-likeness (QED) is 0.0604. The lowest BCUT2D eigenvalue weighted by atomic mass is 10.1. The Kier molecular flexibility index (Phi) is 13.8. The number of nitrogen functional groups attached to an aromatic ring is 3. The molecular weight excluding hydrogens is 879 g/mol. The van der Waals surface area contributed by atoms with Crippen molar-refractivity contribution < 1.29 is 85.6 Å². The summed E-state index contributed by atoms with van der Waals surface area (Å²) < 4.78 is 81.7. The first kappa shape index (κ1) is 45.5. The van der Waals surface area contributed by atoms with E-state index < -0.39 is 134 Å². The third kappa shape index (κ3) is 10.2. The molecule has 3 saturated heterocycles. The Hall–Kier alpha value is -4.00. The van der Waals surface area contributed by atoms with Crippen LogP contribution in [0.2, 0.25) is 0 Å². The minimum atomic E-state index is -5.47. The van der Waals surface area contributed by atoms with E-state index in [4.69, 9.17) is 54.4 Å². The third-order valence-corrected chi connectivity index (χ3v) is 11.3. The summed E-state index contributed by atoms with van der Waals surface area (Å²) in [6.45, 7) is -2.99. The van der Waals surface area contributed by atoms with Crippen molar-refractivity contribution in [1.82, 2.24) is 28.7 Å². The van der Waals surface area contributed by atoms with Crippen LogP contribution < -0.4 is 34.3 Å². The molecule has 0 spiro atoms. The van der Waals surface area contributed by atoms with Gasteiger partial charge in [-0.25, -0.2) is 23.5 Å². The molecule has 0 bridgehead atoms. The van der Waals surface area contributed by atoms with Crippen LogP contribution in [0.3, 0.4) is 0 Å². The fourth-order valence-corrected chi connectivity index (χ4v) is 8.43. The number of nitrogens with zero attached hydrogens (tertiary/aromatic N) is 6. The molecule has 15 atom stereocenters. The van der Waals surface area contributed by atoms with Crippen LogP contribution in [0, 0.1) is 0 Å². The van der Waals surface area contributed by atoms with Gasteiger partial charge in [-0.15, -0.1) is 9.42 Å². The standard InChI is InChI=1S/C27H36N9O21P3/c28-13-1-4-34(25(41)31-13)22-17(38)16(37)10(53-22)8-51-59(46,47)57-21-12(55-24(19(21)40)36-6-3-15(30)33-27(36)43)9-52-60(48,49)56-20-11(7-50-58(44)45)54-23(18(20)39)35-5-2-14(29)32-26(35)42/h1-6,10-12,16-24,37-40H,7-9H2,(H8-,28,29,30,31,32,33,41,42,43,44,45,46,47,48,49)/p+1/t10-,11-,12-,16-,17-,18-,19-,20-,21-,22-,23-,24-/m1/s1. The van der Waals surface area contributed by atoms with Crippen molar-refractivity contribution in [1.29, 1.82) is 0 Å². The average Bonchev–Trinajstić information content (AvgIpc) is 3.74. The van der Waals surface area contributed by atoms with Gasteiger partial charge in [0.1, 0.15) is 79.0 Å². The SMILES string of the molecule is Nc1ccn([C@@H]2O[C@H](COP(=O)(O)O[C@H]3[C@@H](O)[C@H](n4ccc(N)nc4=O)O[C@@H]3COP(=O)(O)O[C@H]3[C@@H](O)[C@H](n4ccc(N)nc4=O)O[C@@H]3CO[P+](=O)O)[C@@H](O)[C@H]2O)c(=O)n1. The zero-order valence-electron chi connectivity index (χ0n) is 30.1. The highest BCUT2D eigenvalue weighted by Crippen LogP contribution is 2.52. The van der Waals surface area contributed by atoms with Crippen LogP contribution in [0.25, 0.3) is 0 Å². The van der Waals surface area contributed by atoms with E-state index in [-0.39, 0.29) is 17.5 Å². The number of anilines is 3. The second-order valence-electron chi connectivity index (χ2n) is 13.0. The molecule has 3 aliphatic rings. The number of phosphoric ester groups is 2. The van der Waals surface area contributed by atoms with Gasteiger partial charge in [-0.05, 0) is 18.2 Å². The highest BCUT2D eigenvalue weighted by atomic mass is 31.2. The summed E-state index contributed by atoms with van der Waals surface area (Å²) in [7, 11) is -14.2. The average molecular weight is 917 g/mol. The predicted molar refractivity (Wildman–Crippen MR) is 192 cm³/mol. The van der Waals surface area contributed by atoms with Gasteiger partial charge >= 0.3 is 41.0 Å². The summed E-state index contributed by atoms with van der Waals surface area (Å²) in [5.74, 6) is -0.592. The molecule has 3 aliphatic heterocycles. The Labute approximate surface area is 334 Å². The van der Waals surface area contributed by atoms with Crippen molar-refractivity contribution in [3.63, 3.8) is 0 Å². The van der Waals surface area contributed by atoms with Gasteiger partial charge in [0, 0.05) is 23.2 Å². The summed E-state index contributed by atoms with van der Waals surface area (Å²) in [5.41, 5.74) is 13.4. The zero-order valence-corrected chi connectivity index (χ0v) is 32.8. The van der Waals surface area contributed by atoms with Gasteiger partial charge in [0.15, 0.2) is 18.7 Å². The number of rotatable bonds is 16. The normalized spacial score (nSPS) is 32.8. The summed E-state index contributed by atoms with van der Waals surface area (Å²) >= 11 is 0. The summed E-state index contributed by atoms with van der Waals surface area (Å²) in [6.07, 6.45) is -18.6. The fourth-order valence-electron chi connectivity index (χ4n) is 6.22. The molecule has 30 nitrogen and oxygen atoms in total. The number of nitrogens with two attached hydrogens (primary N) is 3. The van der Waals surface area contributed by atoms with Crippen LogP contribution in [0.15, 0.2) is 51.2 Å². The molecule has 0 aromatic carbocycles. The topological polar surface area (TPSA) is 449 Å². The lowest BCUT2D eigenvalue weighted by Crippen LogP contribution is -2.39. The molecule has 3 fully saturated rings.